The van der Waals surface area contributed by atoms with Crippen molar-refractivity contribution in [3.8, 4) is 5.75 Å². The minimum atomic E-state index is 0.325. The summed E-state index contributed by atoms with van der Waals surface area (Å²) in [5.74, 6) is 2.10. The molecule has 0 bridgehead atoms. The zero-order valence-electron chi connectivity index (χ0n) is 12.7. The van der Waals surface area contributed by atoms with Crippen LogP contribution in [0.5, 0.6) is 5.75 Å². The fourth-order valence-electron chi connectivity index (χ4n) is 1.80. The van der Waals surface area contributed by atoms with Crippen LogP contribution in [0.15, 0.2) is 28.8 Å². The zero-order valence-corrected chi connectivity index (χ0v) is 12.7. The van der Waals surface area contributed by atoms with Crippen LogP contribution < -0.4 is 10.1 Å². The molecule has 1 heterocycles. The highest BCUT2D eigenvalue weighted by molar-refractivity contribution is 5.66. The van der Waals surface area contributed by atoms with Gasteiger partial charge in [-0.05, 0) is 44.7 Å². The quantitative estimate of drug-likeness (QED) is 0.848. The number of nitrogens with zero attached hydrogens (tertiary/aromatic N) is 2. The standard InChI is InChI=1S/C16H21N3O2/c1-4-20-14-8-5-13(6-9-14)7-10-16-18-15(19-21-16)11-12(2)17-3/h5-10,12,17H,4,11H2,1-3H3/b10-7+. The molecule has 0 spiro atoms. The van der Waals surface area contributed by atoms with Crippen LogP contribution in [-0.2, 0) is 6.42 Å². The molecule has 21 heavy (non-hydrogen) atoms. The molecule has 0 saturated carbocycles. The Morgan fingerprint density at radius 2 is 2.05 bits per heavy atom. The summed E-state index contributed by atoms with van der Waals surface area (Å²) in [6.07, 6.45) is 4.50. The maximum absolute atomic E-state index is 5.40. The Labute approximate surface area is 125 Å². The molecule has 0 aliphatic carbocycles. The minimum Gasteiger partial charge on any atom is -0.494 e. The molecule has 0 amide bonds. The molecule has 2 aromatic rings. The van der Waals surface area contributed by atoms with Crippen molar-refractivity contribution in [2.45, 2.75) is 26.3 Å². The highest BCUT2D eigenvalue weighted by atomic mass is 16.5. The van der Waals surface area contributed by atoms with Crippen LogP contribution in [0.1, 0.15) is 31.1 Å². The fraction of sp³-hybridized carbons (Fsp3) is 0.375. The van der Waals surface area contributed by atoms with Gasteiger partial charge in [-0.2, -0.15) is 4.98 Å². The van der Waals surface area contributed by atoms with Crippen molar-refractivity contribution in [1.82, 2.24) is 15.5 Å². The third kappa shape index (κ3) is 4.72. The van der Waals surface area contributed by atoms with E-state index >= 15 is 0 Å². The average molecular weight is 287 g/mol. The van der Waals surface area contributed by atoms with Gasteiger partial charge in [0.25, 0.3) is 5.89 Å². The van der Waals surface area contributed by atoms with Crippen LogP contribution in [0.25, 0.3) is 12.2 Å². The van der Waals surface area contributed by atoms with Crippen molar-refractivity contribution in [2.24, 2.45) is 0 Å². The summed E-state index contributed by atoms with van der Waals surface area (Å²) in [5, 5.41) is 7.10. The SMILES string of the molecule is CCOc1ccc(/C=C/c2nc(CC(C)NC)no2)cc1. The number of rotatable bonds is 7. The average Bonchev–Trinajstić information content (AvgIpc) is 2.94. The topological polar surface area (TPSA) is 60.2 Å². The van der Waals surface area contributed by atoms with Crippen LogP contribution in [0.3, 0.4) is 0 Å². The lowest BCUT2D eigenvalue weighted by molar-refractivity contribution is 0.340. The minimum absolute atomic E-state index is 0.325. The number of benzene rings is 1. The van der Waals surface area contributed by atoms with Gasteiger partial charge in [-0.25, -0.2) is 0 Å². The predicted octanol–water partition coefficient (Wildman–Crippen LogP) is 2.79. The Morgan fingerprint density at radius 1 is 1.29 bits per heavy atom. The van der Waals surface area contributed by atoms with E-state index in [2.05, 4.69) is 22.4 Å². The molecule has 1 atom stereocenters. The van der Waals surface area contributed by atoms with Crippen molar-refractivity contribution in [3.63, 3.8) is 0 Å². The first-order valence-corrected chi connectivity index (χ1v) is 7.12. The van der Waals surface area contributed by atoms with Crippen molar-refractivity contribution in [1.29, 1.82) is 0 Å². The summed E-state index contributed by atoms with van der Waals surface area (Å²) in [5.41, 5.74) is 1.06. The Bertz CT molecular complexity index is 575. The van der Waals surface area contributed by atoms with Crippen LogP contribution in [-0.4, -0.2) is 29.8 Å². The number of nitrogens with one attached hydrogen (secondary N) is 1. The second-order valence-electron chi connectivity index (χ2n) is 4.78. The number of aromatic nitrogens is 2. The van der Waals surface area contributed by atoms with E-state index in [1.54, 1.807) is 0 Å². The third-order valence-corrected chi connectivity index (χ3v) is 3.07. The van der Waals surface area contributed by atoms with Gasteiger partial charge in [0.05, 0.1) is 6.61 Å². The maximum Gasteiger partial charge on any atom is 0.250 e. The van der Waals surface area contributed by atoms with Crippen LogP contribution in [0.4, 0.5) is 0 Å². The molecule has 1 unspecified atom stereocenters. The van der Waals surface area contributed by atoms with Crippen LogP contribution in [0, 0.1) is 0 Å². The zero-order chi connectivity index (χ0) is 15.1. The molecule has 0 saturated heterocycles. The van der Waals surface area contributed by atoms with Gasteiger partial charge >= 0.3 is 0 Å². The predicted molar refractivity (Wildman–Crippen MR) is 83.1 cm³/mol. The molecule has 5 heteroatoms. The Hall–Kier alpha value is -2.14. The normalized spacial score (nSPS) is 12.7. The molecule has 1 aromatic heterocycles. The molecule has 0 aliphatic heterocycles. The largest absolute Gasteiger partial charge is 0.494 e. The molecule has 0 fully saturated rings. The van der Waals surface area contributed by atoms with Gasteiger partial charge in [-0.1, -0.05) is 17.3 Å². The summed E-state index contributed by atoms with van der Waals surface area (Å²) in [6.45, 7) is 4.71. The lowest BCUT2D eigenvalue weighted by Crippen LogP contribution is -2.24. The summed E-state index contributed by atoms with van der Waals surface area (Å²) >= 11 is 0. The van der Waals surface area contributed by atoms with Crippen molar-refractivity contribution in [2.75, 3.05) is 13.7 Å². The summed E-state index contributed by atoms with van der Waals surface area (Å²) in [4.78, 5) is 4.33. The number of hydrogen-bond acceptors (Lipinski definition) is 5. The molecule has 1 N–H and O–H groups in total. The first-order valence-electron chi connectivity index (χ1n) is 7.12. The summed E-state index contributed by atoms with van der Waals surface area (Å²) in [7, 11) is 1.91. The maximum atomic E-state index is 5.40. The highest BCUT2D eigenvalue weighted by Crippen LogP contribution is 2.14. The van der Waals surface area contributed by atoms with E-state index in [1.165, 1.54) is 0 Å². The lowest BCUT2D eigenvalue weighted by atomic mass is 10.2. The summed E-state index contributed by atoms with van der Waals surface area (Å²) < 4.78 is 10.6. The van der Waals surface area contributed by atoms with Gasteiger partial charge in [0.2, 0.25) is 0 Å². The van der Waals surface area contributed by atoms with Crippen molar-refractivity contribution >= 4 is 12.2 Å². The van der Waals surface area contributed by atoms with E-state index in [0.717, 1.165) is 17.7 Å². The van der Waals surface area contributed by atoms with Gasteiger partial charge in [0.15, 0.2) is 5.82 Å². The van der Waals surface area contributed by atoms with Gasteiger partial charge in [0.1, 0.15) is 5.75 Å². The summed E-state index contributed by atoms with van der Waals surface area (Å²) in [6, 6.07) is 8.18. The second kappa shape index (κ2) is 7.59. The lowest BCUT2D eigenvalue weighted by Gasteiger charge is -2.04. The molecule has 5 nitrogen and oxygen atoms in total. The molecule has 0 aliphatic rings. The number of ether oxygens (including phenoxy) is 1. The Morgan fingerprint density at radius 3 is 2.71 bits per heavy atom. The Balaban J connectivity index is 1.97. The third-order valence-electron chi connectivity index (χ3n) is 3.07. The van der Waals surface area contributed by atoms with E-state index in [1.807, 2.05) is 50.4 Å². The highest BCUT2D eigenvalue weighted by Gasteiger charge is 2.07. The van der Waals surface area contributed by atoms with E-state index in [0.29, 0.717) is 24.4 Å². The van der Waals surface area contributed by atoms with Crippen LogP contribution >= 0.6 is 0 Å². The monoisotopic (exact) mass is 287 g/mol. The van der Waals surface area contributed by atoms with E-state index < -0.39 is 0 Å². The van der Waals surface area contributed by atoms with E-state index in [-0.39, 0.29) is 0 Å². The molecule has 2 rings (SSSR count). The molecule has 112 valence electrons. The van der Waals surface area contributed by atoms with Gasteiger partial charge in [0, 0.05) is 18.5 Å². The fourth-order valence-corrected chi connectivity index (χ4v) is 1.80. The first-order chi connectivity index (χ1) is 10.2. The van der Waals surface area contributed by atoms with Gasteiger partial charge in [-0.15, -0.1) is 0 Å². The number of hydrogen-bond donors (Lipinski definition) is 1. The molecule has 1 aromatic carbocycles. The molecular formula is C16H21N3O2. The van der Waals surface area contributed by atoms with E-state index in [4.69, 9.17) is 9.26 Å². The molecule has 0 radical (unpaired) electrons. The second-order valence-corrected chi connectivity index (χ2v) is 4.78. The van der Waals surface area contributed by atoms with Crippen molar-refractivity contribution < 1.29 is 9.26 Å². The van der Waals surface area contributed by atoms with Crippen molar-refractivity contribution in [3.05, 3.63) is 41.5 Å². The van der Waals surface area contributed by atoms with Gasteiger partial charge < -0.3 is 14.6 Å². The van der Waals surface area contributed by atoms with Crippen LogP contribution in [0.2, 0.25) is 0 Å². The van der Waals surface area contributed by atoms with Gasteiger partial charge in [-0.3, -0.25) is 0 Å². The molecular weight excluding hydrogens is 266 g/mol. The first kappa shape index (κ1) is 15.3. The number of likely N-dealkylation sites (N-methyl/N-ethyl adjacent to an activating group) is 1. The smallest absolute Gasteiger partial charge is 0.250 e. The Kier molecular flexibility index (Phi) is 5.51. The van der Waals surface area contributed by atoms with E-state index in [9.17, 15) is 0 Å².